The van der Waals surface area contributed by atoms with Crippen molar-refractivity contribution < 1.29 is 0 Å². The van der Waals surface area contributed by atoms with Gasteiger partial charge in [0.1, 0.15) is 5.84 Å². The van der Waals surface area contributed by atoms with Crippen LogP contribution in [0.3, 0.4) is 0 Å². The van der Waals surface area contributed by atoms with E-state index in [1.165, 1.54) is 21.4 Å². The molecule has 0 aliphatic carbocycles. The van der Waals surface area contributed by atoms with Crippen LogP contribution in [0.2, 0.25) is 0 Å². The van der Waals surface area contributed by atoms with Gasteiger partial charge < -0.3 is 10.2 Å². The number of rotatable bonds is 5. The summed E-state index contributed by atoms with van der Waals surface area (Å²) in [6.07, 6.45) is 8.66. The van der Waals surface area contributed by atoms with Crippen LogP contribution in [0.1, 0.15) is 34.3 Å². The lowest BCUT2D eigenvalue weighted by atomic mass is 9.94. The third-order valence-corrected chi connectivity index (χ3v) is 8.76. The maximum Gasteiger partial charge on any atom is 0.137 e. The Morgan fingerprint density at radius 2 is 1.29 bits per heavy atom. The van der Waals surface area contributed by atoms with Gasteiger partial charge in [0.25, 0.3) is 0 Å². The number of nitrogens with one attached hydrogen (secondary N) is 1. The second-order valence-corrected chi connectivity index (χ2v) is 11.7. The predicted octanol–water partition coefficient (Wildman–Crippen LogP) is 7.24. The van der Waals surface area contributed by atoms with Crippen LogP contribution < -0.4 is 15.8 Å². The number of hydrogen-bond acceptors (Lipinski definition) is 4. The number of nitrogens with zero attached hydrogens (tertiary/aromatic N) is 3. The summed E-state index contributed by atoms with van der Waals surface area (Å²) in [7, 11) is 2.14. The summed E-state index contributed by atoms with van der Waals surface area (Å²) in [5.41, 5.74) is 7.51. The van der Waals surface area contributed by atoms with E-state index in [0.29, 0.717) is 0 Å². The van der Waals surface area contributed by atoms with Gasteiger partial charge in [0, 0.05) is 36.0 Å². The minimum absolute atomic E-state index is 0.00242. The average Bonchev–Trinajstić information content (AvgIpc) is 3.12. The molecule has 1 aromatic heterocycles. The van der Waals surface area contributed by atoms with Gasteiger partial charge in [-0.25, -0.2) is 4.99 Å². The van der Waals surface area contributed by atoms with Crippen molar-refractivity contribution in [2.75, 3.05) is 7.05 Å². The number of aliphatic imine (C=N–C) groups is 1. The molecule has 0 amide bonds. The van der Waals surface area contributed by atoms with Gasteiger partial charge in [-0.2, -0.15) is 0 Å². The summed E-state index contributed by atoms with van der Waals surface area (Å²) in [5.74, 6) is 0.925. The molecule has 0 saturated carbocycles. The van der Waals surface area contributed by atoms with Crippen LogP contribution in [0.5, 0.6) is 0 Å². The van der Waals surface area contributed by atoms with Crippen LogP contribution in [0.25, 0.3) is 40.0 Å². The first kappa shape index (κ1) is 26.9. The molecule has 6 aromatic rings. The quantitative estimate of drug-likeness (QED) is 0.234. The van der Waals surface area contributed by atoms with E-state index in [2.05, 4.69) is 163 Å². The Kier molecular flexibility index (Phi) is 6.80. The number of amidine groups is 1. The molecule has 0 spiro atoms. The van der Waals surface area contributed by atoms with Gasteiger partial charge in [0.05, 0.1) is 23.5 Å². The van der Waals surface area contributed by atoms with Crippen molar-refractivity contribution in [2.45, 2.75) is 12.1 Å². The van der Waals surface area contributed by atoms with Crippen molar-refractivity contribution in [3.63, 3.8) is 0 Å². The number of benzene rings is 5. The number of pyridine rings is 1. The van der Waals surface area contributed by atoms with Gasteiger partial charge in [0.2, 0.25) is 0 Å². The molecule has 2 aliphatic rings. The molecule has 216 valence electrons. The number of hydrogen-bond donors (Lipinski definition) is 1. The third kappa shape index (κ3) is 5.21. The Bertz CT molecular complexity index is 2220. The topological polar surface area (TPSA) is 40.5 Å². The van der Waals surface area contributed by atoms with Crippen LogP contribution >= 0.6 is 0 Å². The normalized spacial score (nSPS) is 17.3. The third-order valence-electron chi connectivity index (χ3n) is 8.76. The highest BCUT2D eigenvalue weighted by Crippen LogP contribution is 2.35. The van der Waals surface area contributed by atoms with Crippen LogP contribution in [0.4, 0.5) is 0 Å². The fourth-order valence-corrected chi connectivity index (χ4v) is 6.37. The van der Waals surface area contributed by atoms with Crippen molar-refractivity contribution in [3.8, 4) is 11.3 Å². The van der Waals surface area contributed by atoms with E-state index in [4.69, 9.17) is 9.98 Å². The molecule has 8 rings (SSSR count). The molecule has 4 nitrogen and oxygen atoms in total. The Hall–Kier alpha value is -5.74. The minimum atomic E-state index is 0.00242. The van der Waals surface area contributed by atoms with Crippen LogP contribution in [0, 0.1) is 0 Å². The Morgan fingerprint density at radius 1 is 0.600 bits per heavy atom. The van der Waals surface area contributed by atoms with E-state index >= 15 is 0 Å². The Balaban J connectivity index is 1.31. The Morgan fingerprint density at radius 3 is 2.11 bits per heavy atom. The molecule has 2 atom stereocenters. The first-order valence-electron chi connectivity index (χ1n) is 15.4. The van der Waals surface area contributed by atoms with E-state index in [9.17, 15) is 0 Å². The number of aromatic nitrogens is 1. The zero-order chi connectivity index (χ0) is 30.2. The lowest BCUT2D eigenvalue weighted by Gasteiger charge is -2.34. The first-order valence-corrected chi connectivity index (χ1v) is 15.4. The molecule has 1 N–H and O–H groups in total. The molecule has 4 heteroatoms. The highest BCUT2D eigenvalue weighted by Gasteiger charge is 2.26. The highest BCUT2D eigenvalue weighted by atomic mass is 15.2. The Labute approximate surface area is 263 Å². The van der Waals surface area contributed by atoms with Gasteiger partial charge in [-0.3, -0.25) is 4.98 Å². The molecule has 2 unspecified atom stereocenters. The smallest absolute Gasteiger partial charge is 0.137 e. The lowest BCUT2D eigenvalue weighted by molar-refractivity contribution is 0.435. The standard InChI is InChI=1S/C41H32N4/c1-45-40(29-14-6-3-7-15-29)25-39(28-12-4-2-5-13-28)44-41(45)36-21-34(37-23-30-16-8-10-18-32(30)26-42-37)20-35(22-36)38-24-31-17-9-11-19-33(31)27-43-38/h2-27,37,40,42H,1H3. The van der Waals surface area contributed by atoms with Gasteiger partial charge >= 0.3 is 0 Å². The second-order valence-electron chi connectivity index (χ2n) is 11.7. The lowest BCUT2D eigenvalue weighted by Crippen LogP contribution is -2.35. The molecule has 2 aliphatic heterocycles. The van der Waals surface area contributed by atoms with E-state index < -0.39 is 0 Å². The van der Waals surface area contributed by atoms with Crippen LogP contribution in [0.15, 0.2) is 151 Å². The highest BCUT2D eigenvalue weighted by molar-refractivity contribution is 6.04. The van der Waals surface area contributed by atoms with E-state index in [1.54, 1.807) is 0 Å². The molecule has 3 heterocycles. The molecule has 5 aromatic carbocycles. The van der Waals surface area contributed by atoms with Crippen LogP contribution in [-0.4, -0.2) is 22.8 Å². The molecule has 0 fully saturated rings. The summed E-state index contributed by atoms with van der Waals surface area (Å²) in [6.45, 7) is 0. The summed E-state index contributed by atoms with van der Waals surface area (Å²) in [5, 5.41) is 8.37. The van der Waals surface area contributed by atoms with Gasteiger partial charge in [0.15, 0.2) is 0 Å². The largest absolute Gasteiger partial charge is 0.380 e. The predicted molar refractivity (Wildman–Crippen MR) is 186 cm³/mol. The summed E-state index contributed by atoms with van der Waals surface area (Å²) < 4.78 is 0. The van der Waals surface area contributed by atoms with Crippen molar-refractivity contribution >= 4 is 34.6 Å². The summed E-state index contributed by atoms with van der Waals surface area (Å²) in [6, 6.07) is 47.0. The van der Waals surface area contributed by atoms with Crippen molar-refractivity contribution in [2.24, 2.45) is 4.99 Å². The maximum absolute atomic E-state index is 5.33. The SMILES string of the molecule is CN1C(c2cc(-c3cc4ccccc4cn3)cc(C3C=c4ccccc4=CN3)c2)=NC(c2ccccc2)=CC1c1ccccc1. The van der Waals surface area contributed by atoms with E-state index in [1.807, 2.05) is 12.3 Å². The van der Waals surface area contributed by atoms with E-state index in [-0.39, 0.29) is 12.1 Å². The number of fused-ring (bicyclic) bond motifs is 2. The first-order chi connectivity index (χ1) is 22.2. The molecular formula is C41H32N4. The van der Waals surface area contributed by atoms with Crippen molar-refractivity contribution in [1.82, 2.24) is 15.2 Å². The monoisotopic (exact) mass is 580 g/mol. The zero-order valence-corrected chi connectivity index (χ0v) is 25.0. The molecular weight excluding hydrogens is 548 g/mol. The van der Waals surface area contributed by atoms with Gasteiger partial charge in [-0.05, 0) is 68.9 Å². The summed E-state index contributed by atoms with van der Waals surface area (Å²) in [4.78, 5) is 12.5. The van der Waals surface area contributed by atoms with E-state index in [0.717, 1.165) is 44.9 Å². The fraction of sp³-hybridized carbons (Fsp3) is 0.0732. The average molecular weight is 581 g/mol. The van der Waals surface area contributed by atoms with Gasteiger partial charge in [-0.1, -0.05) is 109 Å². The zero-order valence-electron chi connectivity index (χ0n) is 25.0. The second kappa shape index (κ2) is 11.4. The molecule has 45 heavy (non-hydrogen) atoms. The molecule has 0 saturated heterocycles. The number of likely N-dealkylation sites (N-methyl/N-ethyl adjacent to an activating group) is 1. The molecule has 0 radical (unpaired) electrons. The maximum atomic E-state index is 5.33. The van der Waals surface area contributed by atoms with Crippen molar-refractivity contribution in [3.05, 3.63) is 178 Å². The van der Waals surface area contributed by atoms with Crippen molar-refractivity contribution in [1.29, 1.82) is 0 Å². The van der Waals surface area contributed by atoms with Gasteiger partial charge in [-0.15, -0.1) is 0 Å². The molecule has 0 bridgehead atoms. The fourth-order valence-electron chi connectivity index (χ4n) is 6.37. The van der Waals surface area contributed by atoms with Crippen LogP contribution in [-0.2, 0) is 0 Å². The summed E-state index contributed by atoms with van der Waals surface area (Å²) >= 11 is 0. The minimum Gasteiger partial charge on any atom is -0.380 e.